The monoisotopic (exact) mass is 465 g/mol. The van der Waals surface area contributed by atoms with Crippen LogP contribution in [-0.2, 0) is 17.9 Å². The minimum absolute atomic E-state index is 0.0658. The normalized spacial score (nSPS) is 10.9. The highest BCUT2D eigenvalue weighted by atomic mass is 32.2. The standard InChI is InChI=1S/C24H23N3O3S2/c1-3-27-23(29)22-21(19(14-31-22)17-9-5-4-6-10-17)26-24(27)32-15-20(28)25-13-16-8-7-11-18(12-16)30-2/h4-12,14H,3,13,15H2,1-2H3,(H,25,28). The molecular formula is C24H23N3O3S2. The summed E-state index contributed by atoms with van der Waals surface area (Å²) in [5, 5.41) is 5.44. The summed E-state index contributed by atoms with van der Waals surface area (Å²) in [5.41, 5.74) is 3.54. The number of aromatic nitrogens is 2. The van der Waals surface area contributed by atoms with E-state index in [1.165, 1.54) is 23.1 Å². The van der Waals surface area contributed by atoms with Crippen molar-refractivity contribution in [2.75, 3.05) is 12.9 Å². The Morgan fingerprint density at radius 3 is 2.75 bits per heavy atom. The van der Waals surface area contributed by atoms with E-state index in [9.17, 15) is 9.59 Å². The SMILES string of the molecule is CCn1c(SCC(=O)NCc2cccc(OC)c2)nc2c(-c3ccccc3)csc2c1=O. The lowest BCUT2D eigenvalue weighted by Gasteiger charge is -2.11. The third-order valence-electron chi connectivity index (χ3n) is 5.00. The van der Waals surface area contributed by atoms with Crippen LogP contribution in [0.15, 0.2) is 69.9 Å². The summed E-state index contributed by atoms with van der Waals surface area (Å²) in [7, 11) is 1.61. The number of benzene rings is 2. The summed E-state index contributed by atoms with van der Waals surface area (Å²) in [4.78, 5) is 30.3. The molecule has 0 spiro atoms. The number of ether oxygens (including phenoxy) is 1. The Hall–Kier alpha value is -3.10. The van der Waals surface area contributed by atoms with Crippen molar-refractivity contribution in [2.24, 2.45) is 0 Å². The van der Waals surface area contributed by atoms with Crippen molar-refractivity contribution in [1.29, 1.82) is 0 Å². The molecule has 0 atom stereocenters. The van der Waals surface area contributed by atoms with Gasteiger partial charge in [-0.15, -0.1) is 11.3 Å². The Kier molecular flexibility index (Phi) is 6.92. The first-order valence-electron chi connectivity index (χ1n) is 10.2. The molecule has 8 heteroatoms. The van der Waals surface area contributed by atoms with Crippen molar-refractivity contribution in [2.45, 2.75) is 25.2 Å². The van der Waals surface area contributed by atoms with Crippen LogP contribution in [0.5, 0.6) is 5.75 Å². The summed E-state index contributed by atoms with van der Waals surface area (Å²) < 4.78 is 7.49. The number of thiophene rings is 1. The van der Waals surface area contributed by atoms with E-state index >= 15 is 0 Å². The van der Waals surface area contributed by atoms with Crippen molar-refractivity contribution < 1.29 is 9.53 Å². The van der Waals surface area contributed by atoms with Gasteiger partial charge in [0.15, 0.2) is 5.16 Å². The molecule has 2 aromatic heterocycles. The Bertz CT molecular complexity index is 1300. The maximum atomic E-state index is 13.0. The molecule has 164 valence electrons. The van der Waals surface area contributed by atoms with Crippen molar-refractivity contribution in [3.05, 3.63) is 75.9 Å². The number of nitrogens with zero attached hydrogens (tertiary/aromatic N) is 2. The lowest BCUT2D eigenvalue weighted by atomic mass is 10.1. The van der Waals surface area contributed by atoms with Gasteiger partial charge in [-0.1, -0.05) is 54.2 Å². The quantitative estimate of drug-likeness (QED) is 0.305. The maximum absolute atomic E-state index is 13.0. The summed E-state index contributed by atoms with van der Waals surface area (Å²) in [5.74, 6) is 0.802. The number of rotatable bonds is 8. The molecule has 0 bridgehead atoms. The first-order chi connectivity index (χ1) is 15.6. The molecule has 4 aromatic rings. The van der Waals surface area contributed by atoms with Gasteiger partial charge in [-0.25, -0.2) is 4.98 Å². The van der Waals surface area contributed by atoms with Gasteiger partial charge in [0.1, 0.15) is 10.4 Å². The van der Waals surface area contributed by atoms with Crippen LogP contribution in [0.4, 0.5) is 0 Å². The molecule has 0 aliphatic rings. The largest absolute Gasteiger partial charge is 0.497 e. The van der Waals surface area contributed by atoms with Crippen LogP contribution in [0.1, 0.15) is 12.5 Å². The second kappa shape index (κ2) is 10.0. The molecule has 6 nitrogen and oxygen atoms in total. The molecule has 0 saturated heterocycles. The zero-order chi connectivity index (χ0) is 22.5. The van der Waals surface area contributed by atoms with E-state index in [1.807, 2.05) is 66.9 Å². The van der Waals surface area contributed by atoms with E-state index in [2.05, 4.69) is 5.32 Å². The molecule has 2 aromatic carbocycles. The number of hydrogen-bond acceptors (Lipinski definition) is 6. The minimum Gasteiger partial charge on any atom is -0.497 e. The number of fused-ring (bicyclic) bond motifs is 1. The number of amides is 1. The molecule has 32 heavy (non-hydrogen) atoms. The second-order valence-corrected chi connectivity index (χ2v) is 8.88. The van der Waals surface area contributed by atoms with Crippen LogP contribution >= 0.6 is 23.1 Å². The Balaban J connectivity index is 1.53. The van der Waals surface area contributed by atoms with E-state index in [-0.39, 0.29) is 17.2 Å². The molecule has 0 unspecified atom stereocenters. The summed E-state index contributed by atoms with van der Waals surface area (Å²) >= 11 is 2.69. The Morgan fingerprint density at radius 1 is 1.19 bits per heavy atom. The number of carbonyl (C=O) groups excluding carboxylic acids is 1. The van der Waals surface area contributed by atoms with Gasteiger partial charge in [0.05, 0.1) is 18.4 Å². The lowest BCUT2D eigenvalue weighted by molar-refractivity contribution is -0.118. The van der Waals surface area contributed by atoms with Crippen molar-refractivity contribution in [3.8, 4) is 16.9 Å². The van der Waals surface area contributed by atoms with E-state index in [4.69, 9.17) is 9.72 Å². The van der Waals surface area contributed by atoms with Crippen molar-refractivity contribution >= 4 is 39.2 Å². The number of methoxy groups -OCH3 is 1. The van der Waals surface area contributed by atoms with Gasteiger partial charge in [0.25, 0.3) is 5.56 Å². The number of hydrogen-bond donors (Lipinski definition) is 1. The molecule has 0 radical (unpaired) electrons. The molecule has 0 aliphatic heterocycles. The highest BCUT2D eigenvalue weighted by Crippen LogP contribution is 2.32. The van der Waals surface area contributed by atoms with Gasteiger partial charge in [0, 0.05) is 24.0 Å². The topological polar surface area (TPSA) is 73.2 Å². The van der Waals surface area contributed by atoms with E-state index in [0.717, 1.165) is 22.4 Å². The van der Waals surface area contributed by atoms with E-state index < -0.39 is 0 Å². The first-order valence-corrected chi connectivity index (χ1v) is 12.1. The van der Waals surface area contributed by atoms with Gasteiger partial charge in [-0.05, 0) is 30.2 Å². The van der Waals surface area contributed by atoms with Crippen molar-refractivity contribution in [1.82, 2.24) is 14.9 Å². The number of thioether (sulfide) groups is 1. The molecule has 1 amide bonds. The highest BCUT2D eigenvalue weighted by Gasteiger charge is 2.17. The molecule has 0 fully saturated rings. The molecule has 2 heterocycles. The fourth-order valence-corrected chi connectivity index (χ4v) is 5.20. The van der Waals surface area contributed by atoms with Crippen LogP contribution in [0, 0.1) is 0 Å². The zero-order valence-electron chi connectivity index (χ0n) is 17.8. The fraction of sp³-hybridized carbons (Fsp3) is 0.208. The third kappa shape index (κ3) is 4.71. The molecule has 1 N–H and O–H groups in total. The first kappa shape index (κ1) is 22.1. The lowest BCUT2D eigenvalue weighted by Crippen LogP contribution is -2.26. The van der Waals surface area contributed by atoms with Gasteiger partial charge < -0.3 is 10.1 Å². The number of nitrogens with one attached hydrogen (secondary N) is 1. The van der Waals surface area contributed by atoms with Gasteiger partial charge in [-0.3, -0.25) is 14.2 Å². The molecule has 0 saturated carbocycles. The second-order valence-electron chi connectivity index (χ2n) is 7.05. The van der Waals surface area contributed by atoms with Crippen LogP contribution in [0.3, 0.4) is 0 Å². The molecular weight excluding hydrogens is 442 g/mol. The number of carbonyl (C=O) groups is 1. The van der Waals surface area contributed by atoms with Gasteiger partial charge in [0.2, 0.25) is 5.91 Å². The smallest absolute Gasteiger partial charge is 0.272 e. The van der Waals surface area contributed by atoms with Crippen molar-refractivity contribution in [3.63, 3.8) is 0 Å². The highest BCUT2D eigenvalue weighted by molar-refractivity contribution is 7.99. The molecule has 0 aliphatic carbocycles. The van der Waals surface area contributed by atoms with Gasteiger partial charge in [-0.2, -0.15) is 0 Å². The van der Waals surface area contributed by atoms with Crippen LogP contribution in [-0.4, -0.2) is 28.3 Å². The van der Waals surface area contributed by atoms with Crippen LogP contribution in [0.25, 0.3) is 21.3 Å². The average Bonchev–Trinajstić information content (AvgIpc) is 3.26. The Labute approximate surface area is 194 Å². The van der Waals surface area contributed by atoms with Gasteiger partial charge >= 0.3 is 0 Å². The minimum atomic E-state index is -0.122. The fourth-order valence-electron chi connectivity index (χ4n) is 3.36. The predicted molar refractivity (Wildman–Crippen MR) is 131 cm³/mol. The Morgan fingerprint density at radius 2 is 2.00 bits per heavy atom. The zero-order valence-corrected chi connectivity index (χ0v) is 19.5. The summed E-state index contributed by atoms with van der Waals surface area (Å²) in [6.07, 6.45) is 0. The summed E-state index contributed by atoms with van der Waals surface area (Å²) in [6.45, 7) is 2.81. The van der Waals surface area contributed by atoms with E-state index in [1.54, 1.807) is 11.7 Å². The van der Waals surface area contributed by atoms with E-state index in [0.29, 0.717) is 28.5 Å². The molecule has 4 rings (SSSR count). The average molecular weight is 466 g/mol. The summed E-state index contributed by atoms with van der Waals surface area (Å²) in [6, 6.07) is 17.5. The predicted octanol–water partition coefficient (Wildman–Crippen LogP) is 4.56. The third-order valence-corrected chi connectivity index (χ3v) is 6.93. The van der Waals surface area contributed by atoms with Crippen LogP contribution in [0.2, 0.25) is 0 Å². The maximum Gasteiger partial charge on any atom is 0.272 e. The van der Waals surface area contributed by atoms with Crippen LogP contribution < -0.4 is 15.6 Å².